The van der Waals surface area contributed by atoms with E-state index in [4.69, 9.17) is 15.2 Å². The van der Waals surface area contributed by atoms with Crippen LogP contribution in [0.3, 0.4) is 0 Å². The van der Waals surface area contributed by atoms with E-state index in [2.05, 4.69) is 10.1 Å². The van der Waals surface area contributed by atoms with Crippen LogP contribution >= 0.6 is 0 Å². The summed E-state index contributed by atoms with van der Waals surface area (Å²) in [7, 11) is 0. The fourth-order valence-corrected chi connectivity index (χ4v) is 3.41. The lowest BCUT2D eigenvalue weighted by Crippen LogP contribution is -2.17. The molecule has 0 bridgehead atoms. The van der Waals surface area contributed by atoms with Crippen molar-refractivity contribution < 1.29 is 14.3 Å². The summed E-state index contributed by atoms with van der Waals surface area (Å²) in [4.78, 5) is 15.8. The summed E-state index contributed by atoms with van der Waals surface area (Å²) in [5, 5.41) is 4.58. The minimum atomic E-state index is -0.423. The number of primary amides is 1. The Bertz CT molecular complexity index is 765. The van der Waals surface area contributed by atoms with Gasteiger partial charge in [-0.1, -0.05) is 19.3 Å². The number of nitrogens with zero attached hydrogens (tertiary/aromatic N) is 3. The smallest absolute Gasteiger partial charge is 0.231 e. The largest absolute Gasteiger partial charge is 0.454 e. The zero-order chi connectivity index (χ0) is 16.5. The van der Waals surface area contributed by atoms with Crippen LogP contribution in [0.25, 0.3) is 11.4 Å². The summed E-state index contributed by atoms with van der Waals surface area (Å²) in [5.41, 5.74) is 6.22. The zero-order valence-electron chi connectivity index (χ0n) is 13.4. The molecule has 1 aliphatic heterocycles. The van der Waals surface area contributed by atoms with E-state index in [0.717, 1.165) is 30.0 Å². The molecule has 0 atom stereocenters. The zero-order valence-corrected chi connectivity index (χ0v) is 13.4. The number of nitrogens with two attached hydrogens (primary N) is 1. The van der Waals surface area contributed by atoms with Crippen LogP contribution in [0, 0.1) is 0 Å². The van der Waals surface area contributed by atoms with Gasteiger partial charge in [0.15, 0.2) is 23.1 Å². The molecule has 2 aliphatic rings. The Hall–Kier alpha value is -2.57. The second-order valence-corrected chi connectivity index (χ2v) is 6.30. The van der Waals surface area contributed by atoms with Gasteiger partial charge in [0.05, 0.1) is 12.5 Å². The summed E-state index contributed by atoms with van der Waals surface area (Å²) in [6.45, 7) is 0.237. The SMILES string of the molecule is NC(=O)Cc1nc(-c2ccc3c(c2)OCO3)n(C2CCCCC2)n1. The Balaban J connectivity index is 1.74. The lowest BCUT2D eigenvalue weighted by molar-refractivity contribution is -0.117. The van der Waals surface area contributed by atoms with Crippen LogP contribution in [-0.2, 0) is 11.2 Å². The molecule has 0 spiro atoms. The van der Waals surface area contributed by atoms with Gasteiger partial charge in [0.2, 0.25) is 12.7 Å². The van der Waals surface area contributed by atoms with Crippen LogP contribution in [0.5, 0.6) is 11.5 Å². The van der Waals surface area contributed by atoms with E-state index in [1.54, 1.807) is 0 Å². The summed E-state index contributed by atoms with van der Waals surface area (Å²) in [6, 6.07) is 6.06. The van der Waals surface area contributed by atoms with Crippen LogP contribution in [0.2, 0.25) is 0 Å². The maximum atomic E-state index is 11.3. The van der Waals surface area contributed by atoms with Crippen LogP contribution < -0.4 is 15.2 Å². The first-order valence-corrected chi connectivity index (χ1v) is 8.34. The molecule has 0 saturated heterocycles. The molecule has 1 fully saturated rings. The van der Waals surface area contributed by atoms with Gasteiger partial charge in [0, 0.05) is 5.56 Å². The third-order valence-electron chi connectivity index (χ3n) is 4.56. The molecule has 24 heavy (non-hydrogen) atoms. The molecular weight excluding hydrogens is 308 g/mol. The number of carbonyl (C=O) groups is 1. The van der Waals surface area contributed by atoms with Crippen molar-refractivity contribution in [2.24, 2.45) is 5.73 Å². The van der Waals surface area contributed by atoms with Crippen LogP contribution in [0.15, 0.2) is 18.2 Å². The van der Waals surface area contributed by atoms with Crippen molar-refractivity contribution in [2.75, 3.05) is 6.79 Å². The van der Waals surface area contributed by atoms with E-state index >= 15 is 0 Å². The highest BCUT2D eigenvalue weighted by Gasteiger charge is 2.24. The first-order valence-electron chi connectivity index (χ1n) is 8.34. The van der Waals surface area contributed by atoms with Gasteiger partial charge in [-0.15, -0.1) is 0 Å². The molecule has 126 valence electrons. The number of fused-ring (bicyclic) bond motifs is 1. The molecule has 7 nitrogen and oxygen atoms in total. The van der Waals surface area contributed by atoms with Gasteiger partial charge in [-0.2, -0.15) is 5.10 Å². The van der Waals surface area contributed by atoms with E-state index in [1.165, 1.54) is 19.3 Å². The lowest BCUT2D eigenvalue weighted by atomic mass is 9.95. The second-order valence-electron chi connectivity index (χ2n) is 6.30. The molecule has 2 N–H and O–H groups in total. The highest BCUT2D eigenvalue weighted by Crippen LogP contribution is 2.37. The molecule has 1 aromatic carbocycles. The molecule has 0 unspecified atom stereocenters. The predicted octanol–water partition coefficient (Wildman–Crippen LogP) is 2.21. The number of rotatable bonds is 4. The number of ether oxygens (including phenoxy) is 2. The van der Waals surface area contributed by atoms with Gasteiger partial charge in [0.1, 0.15) is 0 Å². The van der Waals surface area contributed by atoms with E-state index in [9.17, 15) is 4.79 Å². The minimum Gasteiger partial charge on any atom is -0.454 e. The maximum Gasteiger partial charge on any atom is 0.231 e. The van der Waals surface area contributed by atoms with Crippen molar-refractivity contribution in [3.8, 4) is 22.9 Å². The van der Waals surface area contributed by atoms with Crippen LogP contribution in [0.4, 0.5) is 0 Å². The highest BCUT2D eigenvalue weighted by atomic mass is 16.7. The van der Waals surface area contributed by atoms with Crippen molar-refractivity contribution in [1.82, 2.24) is 14.8 Å². The molecule has 2 aromatic rings. The first-order chi connectivity index (χ1) is 11.7. The Kier molecular flexibility index (Phi) is 3.84. The lowest BCUT2D eigenvalue weighted by Gasteiger charge is -2.23. The van der Waals surface area contributed by atoms with Gasteiger partial charge in [-0.3, -0.25) is 4.79 Å². The number of aromatic nitrogens is 3. The average Bonchev–Trinajstić information content (AvgIpc) is 3.21. The molecular formula is C17H20N4O3. The molecule has 0 radical (unpaired) electrons. The number of hydrogen-bond donors (Lipinski definition) is 1. The Morgan fingerprint density at radius 1 is 1.21 bits per heavy atom. The fourth-order valence-electron chi connectivity index (χ4n) is 3.41. The summed E-state index contributed by atoms with van der Waals surface area (Å²) >= 11 is 0. The third-order valence-corrected chi connectivity index (χ3v) is 4.56. The van der Waals surface area contributed by atoms with Crippen LogP contribution in [0.1, 0.15) is 44.0 Å². The number of benzene rings is 1. The number of carbonyl (C=O) groups excluding carboxylic acids is 1. The molecule has 1 saturated carbocycles. The normalized spacial score (nSPS) is 17.2. The standard InChI is InChI=1S/C17H20N4O3/c18-15(22)9-16-19-17(21(20-16)12-4-2-1-3-5-12)11-6-7-13-14(8-11)24-10-23-13/h6-8,12H,1-5,9-10H2,(H2,18,22). The fraction of sp³-hybridized carbons (Fsp3) is 0.471. The van der Waals surface area contributed by atoms with Crippen molar-refractivity contribution in [3.63, 3.8) is 0 Å². The first kappa shape index (κ1) is 15.0. The highest BCUT2D eigenvalue weighted by molar-refractivity contribution is 5.75. The van der Waals surface area contributed by atoms with E-state index in [0.29, 0.717) is 17.6 Å². The molecule has 1 aliphatic carbocycles. The van der Waals surface area contributed by atoms with E-state index < -0.39 is 5.91 Å². The van der Waals surface area contributed by atoms with Crippen molar-refractivity contribution >= 4 is 5.91 Å². The molecule has 1 amide bonds. The third kappa shape index (κ3) is 2.81. The van der Waals surface area contributed by atoms with E-state index in [1.807, 2.05) is 22.9 Å². The summed E-state index contributed by atoms with van der Waals surface area (Å²) in [6.07, 6.45) is 5.86. The quantitative estimate of drug-likeness (QED) is 0.929. The monoisotopic (exact) mass is 328 g/mol. The Morgan fingerprint density at radius 3 is 2.79 bits per heavy atom. The predicted molar refractivity (Wildman–Crippen MR) is 86.6 cm³/mol. The molecule has 1 aromatic heterocycles. The maximum absolute atomic E-state index is 11.3. The number of amides is 1. The van der Waals surface area contributed by atoms with Gasteiger partial charge < -0.3 is 15.2 Å². The summed E-state index contributed by atoms with van der Waals surface area (Å²) in [5.74, 6) is 2.26. The Morgan fingerprint density at radius 2 is 2.00 bits per heavy atom. The number of hydrogen-bond acceptors (Lipinski definition) is 5. The topological polar surface area (TPSA) is 92.3 Å². The van der Waals surface area contributed by atoms with Crippen molar-refractivity contribution in [3.05, 3.63) is 24.0 Å². The van der Waals surface area contributed by atoms with Gasteiger partial charge in [-0.05, 0) is 31.0 Å². The Labute approximate surface area is 139 Å². The van der Waals surface area contributed by atoms with Crippen LogP contribution in [-0.4, -0.2) is 27.5 Å². The summed E-state index contributed by atoms with van der Waals surface area (Å²) < 4.78 is 12.8. The van der Waals surface area contributed by atoms with Gasteiger partial charge in [-0.25, -0.2) is 9.67 Å². The molecule has 4 rings (SSSR count). The minimum absolute atomic E-state index is 0.0528. The van der Waals surface area contributed by atoms with Gasteiger partial charge >= 0.3 is 0 Å². The molecule has 7 heteroatoms. The second kappa shape index (κ2) is 6.14. The average molecular weight is 328 g/mol. The van der Waals surface area contributed by atoms with Gasteiger partial charge in [0.25, 0.3) is 0 Å². The van der Waals surface area contributed by atoms with Crippen molar-refractivity contribution in [1.29, 1.82) is 0 Å². The van der Waals surface area contributed by atoms with E-state index in [-0.39, 0.29) is 13.2 Å². The molecule has 2 heterocycles. The van der Waals surface area contributed by atoms with Crippen molar-refractivity contribution in [2.45, 2.75) is 44.6 Å².